The number of rotatable bonds is 12. The van der Waals surface area contributed by atoms with Gasteiger partial charge in [-0.25, -0.2) is 9.59 Å². The van der Waals surface area contributed by atoms with E-state index in [1.165, 1.54) is 0 Å². The van der Waals surface area contributed by atoms with Gasteiger partial charge in [-0.2, -0.15) is 0 Å². The molecule has 0 saturated carbocycles. The fourth-order valence-electron chi connectivity index (χ4n) is 4.03. The zero-order valence-corrected chi connectivity index (χ0v) is 26.8. The third-order valence-electron chi connectivity index (χ3n) is 6.13. The van der Waals surface area contributed by atoms with Crippen LogP contribution in [0.5, 0.6) is 5.75 Å². The molecule has 0 aliphatic carbocycles. The Labute approximate surface area is 261 Å². The summed E-state index contributed by atoms with van der Waals surface area (Å²) in [7, 11) is 0. The van der Waals surface area contributed by atoms with Crippen molar-refractivity contribution in [3.63, 3.8) is 0 Å². The van der Waals surface area contributed by atoms with Crippen LogP contribution in [-0.2, 0) is 38.7 Å². The lowest BCUT2D eigenvalue weighted by atomic mass is 10.0. The minimum Gasteiger partial charge on any atom is -0.489 e. The number of hydrogen-bond donors (Lipinski definition) is 2. The van der Waals surface area contributed by atoms with Gasteiger partial charge in [-0.05, 0) is 84.2 Å². The summed E-state index contributed by atoms with van der Waals surface area (Å²) in [6.07, 6.45) is -0.636. The van der Waals surface area contributed by atoms with E-state index < -0.39 is 35.7 Å². The highest BCUT2D eigenvalue weighted by molar-refractivity contribution is 14.1. The van der Waals surface area contributed by atoms with Crippen LogP contribution in [0.25, 0.3) is 0 Å². The maximum atomic E-state index is 13.7. The van der Waals surface area contributed by atoms with Crippen molar-refractivity contribution in [1.29, 1.82) is 0 Å². The highest BCUT2D eigenvalue weighted by Gasteiger charge is 2.31. The Morgan fingerprint density at radius 3 is 2.00 bits per heavy atom. The Morgan fingerprint density at radius 2 is 1.43 bits per heavy atom. The third kappa shape index (κ3) is 11.0. The predicted octanol–water partition coefficient (Wildman–Crippen LogP) is 6.19. The van der Waals surface area contributed by atoms with Crippen molar-refractivity contribution in [2.75, 3.05) is 0 Å². The molecule has 0 spiro atoms. The molecule has 0 aromatic heterocycles. The number of nitrogens with one attached hydrogen (secondary N) is 2. The second-order valence-corrected chi connectivity index (χ2v) is 12.5. The molecule has 0 aliphatic heterocycles. The van der Waals surface area contributed by atoms with Gasteiger partial charge in [0.25, 0.3) is 0 Å². The minimum atomic E-state index is -1.06. The van der Waals surface area contributed by atoms with Gasteiger partial charge >= 0.3 is 12.1 Å². The first-order chi connectivity index (χ1) is 19.9. The minimum absolute atomic E-state index is 0.0862. The number of ether oxygens (including phenoxy) is 3. The van der Waals surface area contributed by atoms with Crippen LogP contribution in [0.1, 0.15) is 51.3 Å². The smallest absolute Gasteiger partial charge is 0.408 e. The van der Waals surface area contributed by atoms with Crippen LogP contribution in [-0.4, -0.2) is 35.7 Å². The molecule has 0 unspecified atom stereocenters. The maximum absolute atomic E-state index is 13.7. The molecular formula is C33H39IN2O6. The molecule has 8 nitrogen and oxygen atoms in total. The van der Waals surface area contributed by atoms with Gasteiger partial charge in [0.1, 0.15) is 36.6 Å². The van der Waals surface area contributed by atoms with Crippen molar-refractivity contribution >= 4 is 40.6 Å². The van der Waals surface area contributed by atoms with E-state index >= 15 is 0 Å². The van der Waals surface area contributed by atoms with E-state index in [9.17, 15) is 14.4 Å². The van der Waals surface area contributed by atoms with Gasteiger partial charge in [-0.3, -0.25) is 4.79 Å². The van der Waals surface area contributed by atoms with Crippen LogP contribution >= 0.6 is 22.6 Å². The number of carbonyl (C=O) groups excluding carboxylic acids is 3. The molecule has 224 valence electrons. The summed E-state index contributed by atoms with van der Waals surface area (Å²) in [5.74, 6) is -0.768. The van der Waals surface area contributed by atoms with E-state index in [4.69, 9.17) is 14.2 Å². The SMILES string of the molecule is CC(C)[C@H](NC(=O)[C@H](Cc1cc(I)ccc1OCc1ccccc1)NC(=O)OC(C)(C)C)C(=O)OCc1ccccc1. The molecule has 0 bridgehead atoms. The molecule has 0 saturated heterocycles. The lowest BCUT2D eigenvalue weighted by Gasteiger charge is -2.26. The molecule has 2 amide bonds. The molecule has 0 heterocycles. The topological polar surface area (TPSA) is 103 Å². The van der Waals surface area contributed by atoms with Gasteiger partial charge in [0.05, 0.1) is 0 Å². The molecule has 2 atom stereocenters. The zero-order valence-electron chi connectivity index (χ0n) is 24.7. The summed E-state index contributed by atoms with van der Waals surface area (Å²) in [5, 5.41) is 5.51. The van der Waals surface area contributed by atoms with Gasteiger partial charge < -0.3 is 24.8 Å². The first-order valence-corrected chi connectivity index (χ1v) is 14.9. The van der Waals surface area contributed by atoms with Crippen molar-refractivity contribution in [2.45, 2.75) is 71.9 Å². The molecule has 9 heteroatoms. The Balaban J connectivity index is 1.81. The van der Waals surface area contributed by atoms with Gasteiger partial charge in [-0.15, -0.1) is 0 Å². The van der Waals surface area contributed by atoms with Crippen LogP contribution < -0.4 is 15.4 Å². The molecular weight excluding hydrogens is 647 g/mol. The number of alkyl carbamates (subject to hydrolysis) is 1. The van der Waals surface area contributed by atoms with Crippen molar-refractivity contribution in [3.8, 4) is 5.75 Å². The summed E-state index contributed by atoms with van der Waals surface area (Å²) in [6, 6.07) is 22.8. The molecule has 42 heavy (non-hydrogen) atoms. The molecule has 0 fully saturated rings. The first-order valence-electron chi connectivity index (χ1n) is 13.9. The molecule has 0 radical (unpaired) electrons. The maximum Gasteiger partial charge on any atom is 0.408 e. The summed E-state index contributed by atoms with van der Waals surface area (Å²) in [5.41, 5.74) is 1.79. The van der Waals surface area contributed by atoms with Crippen LogP contribution in [0.15, 0.2) is 78.9 Å². The second kappa shape index (κ2) is 15.6. The van der Waals surface area contributed by atoms with Crippen molar-refractivity contribution < 1.29 is 28.6 Å². The number of amides is 2. The molecule has 3 aromatic carbocycles. The summed E-state index contributed by atoms with van der Waals surface area (Å²) in [4.78, 5) is 39.5. The standard InChI is InChI=1S/C33H39IN2O6/c1-22(2)29(31(38)41-21-24-14-10-7-11-15-24)36-30(37)27(35-32(39)42-33(3,4)5)19-25-18-26(34)16-17-28(25)40-20-23-12-8-6-9-13-23/h6-18,22,27,29H,19-21H2,1-5H3,(H,35,39)(H,36,37)/t27-,29-/m0/s1. The monoisotopic (exact) mass is 686 g/mol. The van der Waals surface area contributed by atoms with Gasteiger partial charge in [0.15, 0.2) is 0 Å². The highest BCUT2D eigenvalue weighted by Crippen LogP contribution is 2.24. The van der Waals surface area contributed by atoms with Crippen LogP contribution in [0.3, 0.4) is 0 Å². The fourth-order valence-corrected chi connectivity index (χ4v) is 4.59. The Bertz CT molecular complexity index is 1330. The Kier molecular flexibility index (Phi) is 12.2. The zero-order chi connectivity index (χ0) is 30.7. The Morgan fingerprint density at radius 1 is 0.833 bits per heavy atom. The Hall–Kier alpha value is -3.60. The van der Waals surface area contributed by atoms with Crippen LogP contribution in [0, 0.1) is 9.49 Å². The van der Waals surface area contributed by atoms with Gasteiger partial charge in [0, 0.05) is 9.99 Å². The average molecular weight is 687 g/mol. The van der Waals surface area contributed by atoms with Crippen molar-refractivity contribution in [1.82, 2.24) is 10.6 Å². The second-order valence-electron chi connectivity index (χ2n) is 11.3. The number of carbonyl (C=O) groups is 3. The molecule has 3 aromatic rings. The fraction of sp³-hybridized carbons (Fsp3) is 0.364. The normalized spacial score (nSPS) is 12.6. The van der Waals surface area contributed by atoms with E-state index in [1.54, 1.807) is 20.8 Å². The summed E-state index contributed by atoms with van der Waals surface area (Å²) >= 11 is 2.19. The molecule has 3 rings (SSSR count). The quantitative estimate of drug-likeness (QED) is 0.174. The summed E-state index contributed by atoms with van der Waals surface area (Å²) < 4.78 is 18.0. The lowest BCUT2D eigenvalue weighted by Crippen LogP contribution is -2.54. The van der Waals surface area contributed by atoms with Crippen LogP contribution in [0.2, 0.25) is 0 Å². The molecule has 2 N–H and O–H groups in total. The van der Waals surface area contributed by atoms with E-state index in [1.807, 2.05) is 92.7 Å². The van der Waals surface area contributed by atoms with E-state index in [0.717, 1.165) is 20.3 Å². The number of hydrogen-bond acceptors (Lipinski definition) is 6. The average Bonchev–Trinajstić information content (AvgIpc) is 2.93. The van der Waals surface area contributed by atoms with Crippen LogP contribution in [0.4, 0.5) is 4.79 Å². The lowest BCUT2D eigenvalue weighted by molar-refractivity contribution is -0.150. The largest absolute Gasteiger partial charge is 0.489 e. The summed E-state index contributed by atoms with van der Waals surface area (Å²) in [6.45, 7) is 9.30. The first kappa shape index (κ1) is 32.9. The highest BCUT2D eigenvalue weighted by atomic mass is 127. The molecule has 0 aliphatic rings. The number of benzene rings is 3. The van der Waals surface area contributed by atoms with Crippen molar-refractivity contribution in [3.05, 3.63) is 99.1 Å². The number of esters is 1. The van der Waals surface area contributed by atoms with E-state index in [2.05, 4.69) is 33.2 Å². The van der Waals surface area contributed by atoms with E-state index in [-0.39, 0.29) is 18.9 Å². The number of halogens is 1. The third-order valence-corrected chi connectivity index (χ3v) is 6.80. The van der Waals surface area contributed by atoms with Gasteiger partial charge in [-0.1, -0.05) is 74.5 Å². The van der Waals surface area contributed by atoms with E-state index in [0.29, 0.717) is 12.4 Å². The predicted molar refractivity (Wildman–Crippen MR) is 170 cm³/mol. The van der Waals surface area contributed by atoms with Gasteiger partial charge in [0.2, 0.25) is 5.91 Å². The van der Waals surface area contributed by atoms with Crippen molar-refractivity contribution in [2.24, 2.45) is 5.92 Å².